The predicted molar refractivity (Wildman–Crippen MR) is 225 cm³/mol. The second kappa shape index (κ2) is 36.5. The Morgan fingerprint density at radius 3 is 1.51 bits per heavy atom. The highest BCUT2D eigenvalue weighted by atomic mass is 16.7. The molecule has 330 valence electrons. The first-order valence-electron chi connectivity index (χ1n) is 22.5. The van der Waals surface area contributed by atoms with Crippen molar-refractivity contribution in [3.05, 3.63) is 36.5 Å². The third-order valence-electron chi connectivity index (χ3n) is 10.2. The van der Waals surface area contributed by atoms with Gasteiger partial charge in [-0.05, 0) is 70.6 Å². The molecule has 6 unspecified atom stereocenters. The fourth-order valence-electron chi connectivity index (χ4n) is 6.61. The van der Waals surface area contributed by atoms with Crippen LogP contribution in [0, 0.1) is 0 Å². The molecule has 1 fully saturated rings. The number of unbranched alkanes of at least 4 members (excludes halogenated alkanes) is 20. The summed E-state index contributed by atoms with van der Waals surface area (Å²) < 4.78 is 21.7. The van der Waals surface area contributed by atoms with Crippen LogP contribution in [0.25, 0.3) is 0 Å². The van der Waals surface area contributed by atoms with Crippen LogP contribution in [-0.4, -0.2) is 88.4 Å². The molecule has 11 heteroatoms. The van der Waals surface area contributed by atoms with Crippen LogP contribution in [0.2, 0.25) is 0 Å². The maximum absolute atomic E-state index is 12.8. The first kappa shape index (κ1) is 52.4. The summed E-state index contributed by atoms with van der Waals surface area (Å²) in [5.41, 5.74) is 0. The van der Waals surface area contributed by atoms with E-state index in [9.17, 15) is 34.8 Å². The number of esters is 2. The van der Waals surface area contributed by atoms with Crippen molar-refractivity contribution in [3.8, 4) is 0 Å². The monoisotopic (exact) mass is 809 g/mol. The lowest BCUT2D eigenvalue weighted by atomic mass is 9.99. The normalized spacial score (nSPS) is 20.5. The van der Waals surface area contributed by atoms with Gasteiger partial charge in [0, 0.05) is 12.8 Å². The number of rotatable bonds is 37. The van der Waals surface area contributed by atoms with Crippen LogP contribution in [0.15, 0.2) is 36.5 Å². The van der Waals surface area contributed by atoms with E-state index in [2.05, 4.69) is 50.3 Å². The van der Waals surface area contributed by atoms with Gasteiger partial charge in [0.05, 0.1) is 6.61 Å². The number of aliphatic hydroxyl groups excluding tert-OH is 3. The van der Waals surface area contributed by atoms with Crippen LogP contribution in [0.1, 0.15) is 187 Å². The highest BCUT2D eigenvalue weighted by molar-refractivity contribution is 5.73. The van der Waals surface area contributed by atoms with Gasteiger partial charge in [0.2, 0.25) is 0 Å². The number of carbonyl (C=O) groups is 3. The molecule has 0 saturated carbocycles. The molecule has 1 aliphatic heterocycles. The third-order valence-corrected chi connectivity index (χ3v) is 10.2. The number of aliphatic carboxylic acids is 1. The fourth-order valence-corrected chi connectivity index (χ4v) is 6.61. The number of carboxylic acid groups (broad SMARTS) is 1. The molecule has 0 radical (unpaired) electrons. The molecular formula is C46H80O11. The Morgan fingerprint density at radius 2 is 0.982 bits per heavy atom. The number of carbonyl (C=O) groups excluding carboxylic acids is 2. The second-order valence-electron chi connectivity index (χ2n) is 15.5. The van der Waals surface area contributed by atoms with E-state index in [1.165, 1.54) is 64.2 Å². The van der Waals surface area contributed by atoms with Crippen molar-refractivity contribution in [3.63, 3.8) is 0 Å². The van der Waals surface area contributed by atoms with E-state index >= 15 is 0 Å². The van der Waals surface area contributed by atoms with E-state index in [-0.39, 0.29) is 19.4 Å². The summed E-state index contributed by atoms with van der Waals surface area (Å²) in [5.74, 6) is -2.47. The van der Waals surface area contributed by atoms with Gasteiger partial charge in [0.25, 0.3) is 0 Å². The molecule has 4 N–H and O–H groups in total. The Labute approximate surface area is 344 Å². The lowest BCUT2D eigenvalue weighted by molar-refractivity contribution is -0.298. The molecule has 0 aliphatic carbocycles. The molecule has 1 aliphatic rings. The lowest BCUT2D eigenvalue weighted by Gasteiger charge is -2.38. The Bertz CT molecular complexity index is 1090. The minimum atomic E-state index is -1.86. The summed E-state index contributed by atoms with van der Waals surface area (Å²) in [4.78, 5) is 36.8. The minimum Gasteiger partial charge on any atom is -0.479 e. The zero-order valence-corrected chi connectivity index (χ0v) is 35.6. The van der Waals surface area contributed by atoms with Crippen molar-refractivity contribution >= 4 is 17.9 Å². The van der Waals surface area contributed by atoms with E-state index < -0.39 is 61.3 Å². The summed E-state index contributed by atoms with van der Waals surface area (Å²) in [6, 6.07) is 0. The van der Waals surface area contributed by atoms with Crippen molar-refractivity contribution < 1.29 is 53.8 Å². The molecule has 0 amide bonds. The number of aliphatic hydroxyl groups is 3. The van der Waals surface area contributed by atoms with Crippen LogP contribution >= 0.6 is 0 Å². The number of ether oxygens (including phenoxy) is 4. The quantitative estimate of drug-likeness (QED) is 0.0268. The number of hydrogen-bond acceptors (Lipinski definition) is 10. The SMILES string of the molecule is CCCCC/C=C\C/C=C\CCCCCCCC(=O)OCC(COC1OC(C(=O)O)C(O)C(O)C1O)OC(=O)CCCCCCC/C=C\CCCCCCCCC. The van der Waals surface area contributed by atoms with E-state index in [0.717, 1.165) is 83.5 Å². The number of carboxylic acids is 1. The van der Waals surface area contributed by atoms with Crippen LogP contribution in [0.5, 0.6) is 0 Å². The molecule has 0 aromatic carbocycles. The summed E-state index contributed by atoms with van der Waals surface area (Å²) in [6.07, 6.45) is 31.9. The highest BCUT2D eigenvalue weighted by Crippen LogP contribution is 2.23. The molecule has 6 atom stereocenters. The molecule has 0 aromatic rings. The van der Waals surface area contributed by atoms with Gasteiger partial charge in [-0.2, -0.15) is 0 Å². The summed E-state index contributed by atoms with van der Waals surface area (Å²) in [5, 5.41) is 39.8. The predicted octanol–water partition coefficient (Wildman–Crippen LogP) is 9.59. The summed E-state index contributed by atoms with van der Waals surface area (Å²) in [6.45, 7) is 3.76. The van der Waals surface area contributed by atoms with Crippen molar-refractivity contribution in [1.82, 2.24) is 0 Å². The zero-order valence-electron chi connectivity index (χ0n) is 35.6. The van der Waals surface area contributed by atoms with Gasteiger partial charge < -0.3 is 39.4 Å². The van der Waals surface area contributed by atoms with Crippen LogP contribution in [0.4, 0.5) is 0 Å². The standard InChI is InChI=1S/C46H80O11/c1-3-5-7-9-11-13-15-17-19-21-23-25-27-29-31-33-35-40(48)56-38(37-55-46-43(51)41(49)42(50)44(57-46)45(52)53)36-54-39(47)34-32-30-28-26-24-22-20-18-16-14-12-10-8-6-4-2/h12,14,18-21,38,41-44,46,49-51H,3-11,13,15-17,22-37H2,1-2H3,(H,52,53)/b14-12-,20-18-,21-19-. The van der Waals surface area contributed by atoms with E-state index in [1.54, 1.807) is 0 Å². The second-order valence-corrected chi connectivity index (χ2v) is 15.5. The van der Waals surface area contributed by atoms with E-state index in [4.69, 9.17) is 18.9 Å². The zero-order chi connectivity index (χ0) is 41.8. The van der Waals surface area contributed by atoms with E-state index in [0.29, 0.717) is 12.8 Å². The average molecular weight is 809 g/mol. The van der Waals surface area contributed by atoms with Crippen LogP contribution in [-0.2, 0) is 33.3 Å². The highest BCUT2D eigenvalue weighted by Gasteiger charge is 2.47. The van der Waals surface area contributed by atoms with Crippen molar-refractivity contribution in [2.75, 3.05) is 13.2 Å². The summed E-state index contributed by atoms with van der Waals surface area (Å²) >= 11 is 0. The Hall–Kier alpha value is -2.57. The first-order chi connectivity index (χ1) is 27.7. The molecule has 11 nitrogen and oxygen atoms in total. The minimum absolute atomic E-state index is 0.170. The lowest BCUT2D eigenvalue weighted by Crippen LogP contribution is -2.60. The van der Waals surface area contributed by atoms with Crippen molar-refractivity contribution in [1.29, 1.82) is 0 Å². The van der Waals surface area contributed by atoms with Crippen molar-refractivity contribution in [2.45, 2.75) is 224 Å². The molecule has 57 heavy (non-hydrogen) atoms. The largest absolute Gasteiger partial charge is 0.479 e. The van der Waals surface area contributed by atoms with Gasteiger partial charge >= 0.3 is 17.9 Å². The van der Waals surface area contributed by atoms with Gasteiger partial charge in [-0.3, -0.25) is 9.59 Å². The fraction of sp³-hybridized carbons (Fsp3) is 0.804. The Morgan fingerprint density at radius 1 is 0.544 bits per heavy atom. The molecule has 0 aromatic heterocycles. The Balaban J connectivity index is 2.39. The average Bonchev–Trinajstić information content (AvgIpc) is 3.19. The number of allylic oxidation sites excluding steroid dienone is 6. The van der Waals surface area contributed by atoms with E-state index in [1.807, 2.05) is 0 Å². The topological polar surface area (TPSA) is 169 Å². The van der Waals surface area contributed by atoms with Crippen molar-refractivity contribution in [2.24, 2.45) is 0 Å². The number of hydrogen-bond donors (Lipinski definition) is 4. The molecule has 1 heterocycles. The molecular weight excluding hydrogens is 728 g/mol. The maximum atomic E-state index is 12.8. The smallest absolute Gasteiger partial charge is 0.335 e. The van der Waals surface area contributed by atoms with Gasteiger partial charge in [-0.15, -0.1) is 0 Å². The molecule has 1 saturated heterocycles. The van der Waals surface area contributed by atoms with Gasteiger partial charge in [0.15, 0.2) is 18.5 Å². The first-order valence-corrected chi connectivity index (χ1v) is 22.5. The third kappa shape index (κ3) is 28.5. The van der Waals surface area contributed by atoms with Crippen LogP contribution < -0.4 is 0 Å². The van der Waals surface area contributed by atoms with Gasteiger partial charge in [-0.1, -0.05) is 140 Å². The summed E-state index contributed by atoms with van der Waals surface area (Å²) in [7, 11) is 0. The Kier molecular flexibility index (Phi) is 33.6. The molecule has 1 rings (SSSR count). The molecule has 0 spiro atoms. The molecule has 0 bridgehead atoms. The van der Waals surface area contributed by atoms with Gasteiger partial charge in [-0.25, -0.2) is 4.79 Å². The van der Waals surface area contributed by atoms with Crippen LogP contribution in [0.3, 0.4) is 0 Å². The maximum Gasteiger partial charge on any atom is 0.335 e. The van der Waals surface area contributed by atoms with Gasteiger partial charge in [0.1, 0.15) is 24.9 Å².